The van der Waals surface area contributed by atoms with Gasteiger partial charge in [0.05, 0.1) is 18.6 Å². The summed E-state index contributed by atoms with van der Waals surface area (Å²) in [6.45, 7) is 3.25. The summed E-state index contributed by atoms with van der Waals surface area (Å²) in [5.41, 5.74) is 4.88. The molecule has 3 aliphatic rings. The van der Waals surface area contributed by atoms with Gasteiger partial charge in [-0.2, -0.15) is 0 Å². The summed E-state index contributed by atoms with van der Waals surface area (Å²) in [5.74, 6) is 0.323. The van der Waals surface area contributed by atoms with E-state index < -0.39 is 0 Å². The molecule has 0 bridgehead atoms. The van der Waals surface area contributed by atoms with Crippen LogP contribution in [0.1, 0.15) is 30.6 Å². The molecule has 0 unspecified atom stereocenters. The van der Waals surface area contributed by atoms with Crippen molar-refractivity contribution in [3.63, 3.8) is 0 Å². The van der Waals surface area contributed by atoms with Crippen molar-refractivity contribution in [2.45, 2.75) is 32.1 Å². The fourth-order valence-electron chi connectivity index (χ4n) is 5.19. The predicted octanol–water partition coefficient (Wildman–Crippen LogP) is 3.18. The minimum Gasteiger partial charge on any atom is -0.356 e. The lowest BCUT2D eigenvalue weighted by Crippen LogP contribution is -2.54. The van der Waals surface area contributed by atoms with Gasteiger partial charge in [-0.3, -0.25) is 4.79 Å². The maximum Gasteiger partial charge on any atom is 0.229 e. The van der Waals surface area contributed by atoms with E-state index in [9.17, 15) is 4.79 Å². The molecule has 2 aromatic rings. The molecule has 4 atom stereocenters. The molecule has 5 rings (SSSR count). The Bertz CT molecular complexity index is 900. The Morgan fingerprint density at radius 2 is 2.15 bits per heavy atom. The first kappa shape index (κ1) is 16.1. The molecule has 1 N–H and O–H groups in total. The molecule has 3 aliphatic heterocycles. The van der Waals surface area contributed by atoms with Crippen molar-refractivity contribution in [3.8, 4) is 0 Å². The number of nitrogens with zero attached hydrogens (tertiary/aromatic N) is 1. The number of hydrogen-bond donors (Lipinski definition) is 1. The number of benzene rings is 1. The van der Waals surface area contributed by atoms with E-state index >= 15 is 0 Å². The van der Waals surface area contributed by atoms with Crippen molar-refractivity contribution in [2.75, 3.05) is 20.3 Å². The molecule has 0 aliphatic carbocycles. The number of aromatic amines is 1. The van der Waals surface area contributed by atoms with Gasteiger partial charge < -0.3 is 19.4 Å². The quantitative estimate of drug-likeness (QED) is 0.802. The topological polar surface area (TPSA) is 54.6 Å². The summed E-state index contributed by atoms with van der Waals surface area (Å²) in [7, 11) is 1.67. The van der Waals surface area contributed by atoms with Gasteiger partial charge in [0.2, 0.25) is 5.91 Å². The van der Waals surface area contributed by atoms with Gasteiger partial charge in [0.1, 0.15) is 0 Å². The number of para-hydroxylation sites is 1. The summed E-state index contributed by atoms with van der Waals surface area (Å²) in [4.78, 5) is 18.9. The standard InChI is InChI=1S/C21H24N2O3/c1-3-12-15-10-18-19-14(13-6-4-5-7-17(13)22-19)8-9-23(18)20(24)16(15)11-26-21(12)25-2/h3-7,15-16,18,21-22H,8-11H2,1-2H3/b12-3-/t15-,16-,18-,21-/m0/s1. The van der Waals surface area contributed by atoms with Crippen LogP contribution in [0, 0.1) is 11.8 Å². The highest BCUT2D eigenvalue weighted by molar-refractivity contribution is 5.87. The third kappa shape index (κ3) is 2.14. The van der Waals surface area contributed by atoms with Gasteiger partial charge in [0, 0.05) is 36.2 Å². The first-order chi connectivity index (χ1) is 12.7. The molecule has 4 heterocycles. The van der Waals surface area contributed by atoms with Gasteiger partial charge in [0.15, 0.2) is 6.29 Å². The highest BCUT2D eigenvalue weighted by atomic mass is 16.7. The number of carbonyl (C=O) groups is 1. The monoisotopic (exact) mass is 352 g/mol. The molecule has 1 amide bonds. The second kappa shape index (κ2) is 5.96. The largest absolute Gasteiger partial charge is 0.356 e. The van der Waals surface area contributed by atoms with Crippen LogP contribution in [0.4, 0.5) is 0 Å². The Hall–Kier alpha value is -2.11. The van der Waals surface area contributed by atoms with Crippen molar-refractivity contribution >= 4 is 16.8 Å². The smallest absolute Gasteiger partial charge is 0.229 e. The van der Waals surface area contributed by atoms with E-state index in [0.717, 1.165) is 25.0 Å². The lowest BCUT2D eigenvalue weighted by atomic mass is 9.73. The first-order valence-electron chi connectivity index (χ1n) is 9.43. The molecule has 1 aromatic heterocycles. The number of allylic oxidation sites excluding steroid dienone is 1. The van der Waals surface area contributed by atoms with E-state index in [0.29, 0.717) is 6.61 Å². The van der Waals surface area contributed by atoms with E-state index in [2.05, 4.69) is 40.2 Å². The van der Waals surface area contributed by atoms with Gasteiger partial charge >= 0.3 is 0 Å². The molecule has 2 fully saturated rings. The fraction of sp³-hybridized carbons (Fsp3) is 0.476. The van der Waals surface area contributed by atoms with Crippen molar-refractivity contribution < 1.29 is 14.3 Å². The van der Waals surface area contributed by atoms with Crippen LogP contribution < -0.4 is 0 Å². The highest BCUT2D eigenvalue weighted by Gasteiger charge is 2.49. The molecule has 136 valence electrons. The number of ether oxygens (including phenoxy) is 2. The Morgan fingerprint density at radius 3 is 2.96 bits per heavy atom. The van der Waals surface area contributed by atoms with E-state index in [-0.39, 0.29) is 30.1 Å². The van der Waals surface area contributed by atoms with Crippen molar-refractivity contribution in [2.24, 2.45) is 11.8 Å². The summed E-state index contributed by atoms with van der Waals surface area (Å²) >= 11 is 0. The third-order valence-corrected chi connectivity index (χ3v) is 6.40. The molecule has 2 saturated heterocycles. The molecule has 5 nitrogen and oxygen atoms in total. The van der Waals surface area contributed by atoms with Crippen LogP contribution >= 0.6 is 0 Å². The predicted molar refractivity (Wildman–Crippen MR) is 98.6 cm³/mol. The highest BCUT2D eigenvalue weighted by Crippen LogP contribution is 2.47. The minimum absolute atomic E-state index is 0.0882. The Morgan fingerprint density at radius 1 is 1.31 bits per heavy atom. The van der Waals surface area contributed by atoms with Gasteiger partial charge in [-0.1, -0.05) is 24.3 Å². The van der Waals surface area contributed by atoms with Crippen LogP contribution in [0.25, 0.3) is 10.9 Å². The third-order valence-electron chi connectivity index (χ3n) is 6.40. The summed E-state index contributed by atoms with van der Waals surface area (Å²) in [6, 6.07) is 8.57. The molecule has 0 radical (unpaired) electrons. The molecular formula is C21H24N2O3. The van der Waals surface area contributed by atoms with E-state index in [4.69, 9.17) is 9.47 Å². The summed E-state index contributed by atoms with van der Waals surface area (Å²) in [5, 5.41) is 1.30. The van der Waals surface area contributed by atoms with Crippen LogP contribution in [0.15, 0.2) is 35.9 Å². The zero-order chi connectivity index (χ0) is 17.8. The Labute approximate surface area is 153 Å². The number of methoxy groups -OCH3 is 1. The Balaban J connectivity index is 1.58. The molecule has 0 spiro atoms. The SMILES string of the molecule is C/C=C1\[C@@H](OC)OC[C@@H]2C(=O)N3CCc4c([nH]c5ccccc45)[C@@H]3C[C@@H]12. The number of amides is 1. The minimum atomic E-state index is -0.327. The maximum absolute atomic E-state index is 13.2. The van der Waals surface area contributed by atoms with Gasteiger partial charge in [0.25, 0.3) is 0 Å². The lowest BCUT2D eigenvalue weighted by Gasteiger charge is -2.49. The molecule has 5 heteroatoms. The average Bonchev–Trinajstić information content (AvgIpc) is 3.06. The average molecular weight is 352 g/mol. The molecule has 1 aromatic carbocycles. The number of fused-ring (bicyclic) bond motifs is 6. The molecule has 0 saturated carbocycles. The summed E-state index contributed by atoms with van der Waals surface area (Å²) < 4.78 is 11.3. The number of aromatic nitrogens is 1. The van der Waals surface area contributed by atoms with Gasteiger partial charge in [-0.05, 0) is 37.0 Å². The number of piperidine rings is 1. The molecular weight excluding hydrogens is 328 g/mol. The zero-order valence-electron chi connectivity index (χ0n) is 15.2. The van der Waals surface area contributed by atoms with Crippen LogP contribution in [0.5, 0.6) is 0 Å². The Kier molecular flexibility index (Phi) is 3.69. The zero-order valence-corrected chi connectivity index (χ0v) is 15.2. The van der Waals surface area contributed by atoms with E-state index in [1.807, 2.05) is 6.92 Å². The van der Waals surface area contributed by atoms with Gasteiger partial charge in [-0.25, -0.2) is 0 Å². The fourth-order valence-corrected chi connectivity index (χ4v) is 5.19. The first-order valence-corrected chi connectivity index (χ1v) is 9.43. The van der Waals surface area contributed by atoms with Crippen LogP contribution in [-0.4, -0.2) is 42.3 Å². The van der Waals surface area contributed by atoms with E-state index in [1.165, 1.54) is 22.2 Å². The van der Waals surface area contributed by atoms with E-state index in [1.54, 1.807) is 7.11 Å². The van der Waals surface area contributed by atoms with Crippen molar-refractivity contribution in [3.05, 3.63) is 47.2 Å². The van der Waals surface area contributed by atoms with Crippen LogP contribution in [0.3, 0.4) is 0 Å². The second-order valence-electron chi connectivity index (χ2n) is 7.50. The number of hydrogen-bond acceptors (Lipinski definition) is 3. The second-order valence-corrected chi connectivity index (χ2v) is 7.50. The maximum atomic E-state index is 13.2. The van der Waals surface area contributed by atoms with Gasteiger partial charge in [-0.15, -0.1) is 0 Å². The molecule has 26 heavy (non-hydrogen) atoms. The lowest BCUT2D eigenvalue weighted by molar-refractivity contribution is -0.173. The number of H-pyrrole nitrogens is 1. The summed E-state index contributed by atoms with van der Waals surface area (Å²) in [6.07, 6.45) is 3.59. The van der Waals surface area contributed by atoms with Crippen LogP contribution in [-0.2, 0) is 20.7 Å². The number of rotatable bonds is 1. The van der Waals surface area contributed by atoms with Crippen molar-refractivity contribution in [1.29, 1.82) is 0 Å². The van der Waals surface area contributed by atoms with Crippen LogP contribution in [0.2, 0.25) is 0 Å². The normalized spacial score (nSPS) is 32.5. The van der Waals surface area contributed by atoms with Crippen molar-refractivity contribution in [1.82, 2.24) is 9.88 Å². The number of nitrogens with one attached hydrogen (secondary N) is 1. The number of carbonyl (C=O) groups excluding carboxylic acids is 1.